The molecular formula is C28H30N2O4. The third-order valence-corrected chi connectivity index (χ3v) is 5.60. The molecule has 1 aromatic heterocycles. The molecule has 4 aromatic rings. The van der Waals surface area contributed by atoms with Gasteiger partial charge in [-0.15, -0.1) is 0 Å². The molecule has 0 amide bonds. The Hall–Kier alpha value is -3.61. The van der Waals surface area contributed by atoms with Crippen LogP contribution in [0.15, 0.2) is 71.1 Å². The Labute approximate surface area is 199 Å². The van der Waals surface area contributed by atoms with E-state index in [4.69, 9.17) is 25.4 Å². The fourth-order valence-electron chi connectivity index (χ4n) is 4.02. The van der Waals surface area contributed by atoms with Crippen LogP contribution in [-0.2, 0) is 35.5 Å². The van der Waals surface area contributed by atoms with E-state index in [0.717, 1.165) is 44.5 Å². The lowest BCUT2D eigenvalue weighted by molar-refractivity contribution is -0.142. The zero-order valence-electron chi connectivity index (χ0n) is 19.4. The standard InChI is InChI=1S/C28H30N2O4/c1-2-32-27(31)16-22-7-3-4-9-26(22)33-18-20-13-23-15-24(10-11-29)34-28(23)25(14-20)21-8-5-6-19(12-21)17-30/h3-9,12-15H,2,10-11,16-18,29-30H2,1H3. The molecule has 0 aliphatic rings. The van der Waals surface area contributed by atoms with Crippen LogP contribution in [0.2, 0.25) is 0 Å². The number of para-hydroxylation sites is 1. The number of rotatable bonds is 10. The molecule has 0 unspecified atom stereocenters. The van der Waals surface area contributed by atoms with Gasteiger partial charge >= 0.3 is 5.97 Å². The Morgan fingerprint density at radius 3 is 2.62 bits per heavy atom. The van der Waals surface area contributed by atoms with E-state index < -0.39 is 0 Å². The smallest absolute Gasteiger partial charge is 0.310 e. The van der Waals surface area contributed by atoms with Gasteiger partial charge in [-0.05, 0) is 60.5 Å². The van der Waals surface area contributed by atoms with E-state index in [-0.39, 0.29) is 12.4 Å². The van der Waals surface area contributed by atoms with Crippen LogP contribution in [0.25, 0.3) is 22.1 Å². The van der Waals surface area contributed by atoms with Gasteiger partial charge in [0.25, 0.3) is 0 Å². The van der Waals surface area contributed by atoms with Crippen molar-refractivity contribution >= 4 is 16.9 Å². The molecule has 6 heteroatoms. The van der Waals surface area contributed by atoms with Crippen LogP contribution < -0.4 is 16.2 Å². The number of hydrogen-bond acceptors (Lipinski definition) is 6. The van der Waals surface area contributed by atoms with Gasteiger partial charge in [0.1, 0.15) is 23.7 Å². The maximum absolute atomic E-state index is 12.0. The number of nitrogens with two attached hydrogens (primary N) is 2. The molecule has 0 saturated carbocycles. The third-order valence-electron chi connectivity index (χ3n) is 5.60. The summed E-state index contributed by atoms with van der Waals surface area (Å²) in [5, 5.41) is 0.998. The van der Waals surface area contributed by atoms with Crippen LogP contribution in [0.1, 0.15) is 29.4 Å². The first kappa shape index (κ1) is 23.5. The zero-order chi connectivity index (χ0) is 23.9. The van der Waals surface area contributed by atoms with Crippen molar-refractivity contribution in [1.82, 2.24) is 0 Å². The number of carbonyl (C=O) groups is 1. The minimum absolute atomic E-state index is 0.171. The maximum atomic E-state index is 12.0. The first-order valence-electron chi connectivity index (χ1n) is 11.5. The minimum Gasteiger partial charge on any atom is -0.489 e. The Kier molecular flexibility index (Phi) is 7.62. The lowest BCUT2D eigenvalue weighted by Gasteiger charge is -2.13. The van der Waals surface area contributed by atoms with Crippen LogP contribution in [-0.4, -0.2) is 19.1 Å². The van der Waals surface area contributed by atoms with E-state index in [1.165, 1.54) is 0 Å². The highest BCUT2D eigenvalue weighted by Crippen LogP contribution is 2.34. The highest BCUT2D eigenvalue weighted by molar-refractivity contribution is 5.93. The van der Waals surface area contributed by atoms with Crippen molar-refractivity contribution in [3.8, 4) is 16.9 Å². The topological polar surface area (TPSA) is 101 Å². The average Bonchev–Trinajstić information content (AvgIpc) is 3.26. The number of fused-ring (bicyclic) bond motifs is 1. The van der Waals surface area contributed by atoms with Crippen LogP contribution in [0, 0.1) is 0 Å². The average molecular weight is 459 g/mol. The van der Waals surface area contributed by atoms with E-state index in [1.54, 1.807) is 6.92 Å². The lowest BCUT2D eigenvalue weighted by Crippen LogP contribution is -2.09. The number of carbonyl (C=O) groups excluding carboxylic acids is 1. The maximum Gasteiger partial charge on any atom is 0.310 e. The predicted molar refractivity (Wildman–Crippen MR) is 133 cm³/mol. The van der Waals surface area contributed by atoms with Gasteiger partial charge in [-0.3, -0.25) is 4.79 Å². The van der Waals surface area contributed by atoms with E-state index >= 15 is 0 Å². The highest BCUT2D eigenvalue weighted by Gasteiger charge is 2.14. The number of ether oxygens (including phenoxy) is 2. The molecular weight excluding hydrogens is 428 g/mol. The predicted octanol–water partition coefficient (Wildman–Crippen LogP) is 4.74. The summed E-state index contributed by atoms with van der Waals surface area (Å²) < 4.78 is 17.4. The fourth-order valence-corrected chi connectivity index (χ4v) is 4.02. The summed E-state index contributed by atoms with van der Waals surface area (Å²) in [7, 11) is 0. The van der Waals surface area contributed by atoms with E-state index in [9.17, 15) is 4.79 Å². The number of esters is 1. The second-order valence-corrected chi connectivity index (χ2v) is 8.10. The second kappa shape index (κ2) is 11.0. The second-order valence-electron chi connectivity index (χ2n) is 8.10. The summed E-state index contributed by atoms with van der Waals surface area (Å²) in [5.74, 6) is 1.25. The Morgan fingerprint density at radius 2 is 1.82 bits per heavy atom. The highest BCUT2D eigenvalue weighted by atomic mass is 16.5. The third kappa shape index (κ3) is 5.47. The van der Waals surface area contributed by atoms with Gasteiger partial charge in [0.05, 0.1) is 13.0 Å². The van der Waals surface area contributed by atoms with E-state index in [0.29, 0.717) is 38.5 Å². The normalized spacial score (nSPS) is 11.0. The monoisotopic (exact) mass is 458 g/mol. The Balaban J connectivity index is 1.67. The molecule has 4 rings (SSSR count). The van der Waals surface area contributed by atoms with E-state index in [1.807, 2.05) is 42.5 Å². The molecule has 0 atom stereocenters. The first-order chi connectivity index (χ1) is 16.6. The van der Waals surface area contributed by atoms with Crippen molar-refractivity contribution in [2.75, 3.05) is 13.2 Å². The minimum atomic E-state index is -0.270. The van der Waals surface area contributed by atoms with Crippen molar-refractivity contribution in [2.45, 2.75) is 32.9 Å². The van der Waals surface area contributed by atoms with E-state index in [2.05, 4.69) is 24.3 Å². The quantitative estimate of drug-likeness (QED) is 0.333. The van der Waals surface area contributed by atoms with Gasteiger partial charge in [0.2, 0.25) is 0 Å². The van der Waals surface area contributed by atoms with Crippen molar-refractivity contribution < 1.29 is 18.7 Å². The summed E-state index contributed by atoms with van der Waals surface area (Å²) in [6.45, 7) is 3.48. The zero-order valence-corrected chi connectivity index (χ0v) is 19.4. The molecule has 3 aromatic carbocycles. The van der Waals surface area contributed by atoms with Gasteiger partial charge in [0.15, 0.2) is 0 Å². The fraction of sp³-hybridized carbons (Fsp3) is 0.250. The number of furan rings is 1. The Morgan fingerprint density at radius 1 is 0.971 bits per heavy atom. The summed E-state index contributed by atoms with van der Waals surface area (Å²) in [6, 6.07) is 21.9. The molecule has 0 aliphatic heterocycles. The SMILES string of the molecule is CCOC(=O)Cc1ccccc1OCc1cc(-c2cccc(CN)c2)c2oc(CCN)cc2c1. The molecule has 6 nitrogen and oxygen atoms in total. The molecule has 0 radical (unpaired) electrons. The van der Waals surface area contributed by atoms with Crippen molar-refractivity contribution in [2.24, 2.45) is 11.5 Å². The first-order valence-corrected chi connectivity index (χ1v) is 11.5. The summed E-state index contributed by atoms with van der Waals surface area (Å²) >= 11 is 0. The number of benzene rings is 3. The molecule has 1 heterocycles. The van der Waals surface area contributed by atoms with Crippen molar-refractivity contribution in [3.63, 3.8) is 0 Å². The van der Waals surface area contributed by atoms with Gasteiger partial charge in [0, 0.05) is 29.5 Å². The summed E-state index contributed by atoms with van der Waals surface area (Å²) in [5.41, 5.74) is 17.3. The Bertz CT molecular complexity index is 1280. The van der Waals surface area contributed by atoms with Crippen LogP contribution in [0.3, 0.4) is 0 Å². The van der Waals surface area contributed by atoms with Gasteiger partial charge < -0.3 is 25.4 Å². The van der Waals surface area contributed by atoms with Gasteiger partial charge in [-0.1, -0.05) is 36.4 Å². The largest absolute Gasteiger partial charge is 0.489 e. The molecule has 0 saturated heterocycles. The number of hydrogen-bond donors (Lipinski definition) is 2. The molecule has 176 valence electrons. The molecule has 0 spiro atoms. The van der Waals surface area contributed by atoms with Crippen LogP contribution >= 0.6 is 0 Å². The van der Waals surface area contributed by atoms with Crippen molar-refractivity contribution in [3.05, 3.63) is 89.2 Å². The van der Waals surface area contributed by atoms with Crippen molar-refractivity contribution in [1.29, 1.82) is 0 Å². The summed E-state index contributed by atoms with van der Waals surface area (Å²) in [4.78, 5) is 12.0. The molecule has 4 N–H and O–H groups in total. The molecule has 34 heavy (non-hydrogen) atoms. The van der Waals surface area contributed by atoms with Crippen LogP contribution in [0.5, 0.6) is 5.75 Å². The molecule has 0 aliphatic carbocycles. The van der Waals surface area contributed by atoms with Gasteiger partial charge in [-0.25, -0.2) is 0 Å². The molecule has 0 bridgehead atoms. The lowest BCUT2D eigenvalue weighted by atomic mass is 9.99. The van der Waals surface area contributed by atoms with Gasteiger partial charge in [-0.2, -0.15) is 0 Å². The summed E-state index contributed by atoms with van der Waals surface area (Å²) in [6.07, 6.45) is 0.842. The van der Waals surface area contributed by atoms with Crippen LogP contribution in [0.4, 0.5) is 0 Å². The molecule has 0 fully saturated rings.